The van der Waals surface area contributed by atoms with Gasteiger partial charge in [-0.05, 0) is 55.8 Å². The van der Waals surface area contributed by atoms with Crippen LogP contribution in [-0.2, 0) is 4.79 Å². The fraction of sp³-hybridized carbons (Fsp3) is 0.381. The molecule has 1 aliphatic heterocycles. The molecule has 0 saturated carbocycles. The summed E-state index contributed by atoms with van der Waals surface area (Å²) in [7, 11) is 1.62. The van der Waals surface area contributed by atoms with E-state index in [0.29, 0.717) is 18.8 Å². The summed E-state index contributed by atoms with van der Waals surface area (Å²) in [5.74, 6) is 1.42. The van der Waals surface area contributed by atoms with Gasteiger partial charge in [0.05, 0.1) is 7.11 Å². The van der Waals surface area contributed by atoms with Gasteiger partial charge in [0.25, 0.3) is 5.91 Å². The van der Waals surface area contributed by atoms with Gasteiger partial charge in [0.1, 0.15) is 11.5 Å². The molecular formula is C21H25ClN2O3. The first-order valence-electron chi connectivity index (χ1n) is 9.08. The third-order valence-corrected chi connectivity index (χ3v) is 5.06. The van der Waals surface area contributed by atoms with Crippen LogP contribution in [0.1, 0.15) is 12.5 Å². The first-order valence-corrected chi connectivity index (χ1v) is 9.46. The van der Waals surface area contributed by atoms with Gasteiger partial charge in [-0.3, -0.25) is 4.79 Å². The minimum Gasteiger partial charge on any atom is -0.497 e. The first-order chi connectivity index (χ1) is 13.0. The molecule has 27 heavy (non-hydrogen) atoms. The third-order valence-electron chi connectivity index (χ3n) is 4.82. The normalized spacial score (nSPS) is 15.4. The van der Waals surface area contributed by atoms with Crippen LogP contribution in [0.3, 0.4) is 0 Å². The number of hydrogen-bond acceptors (Lipinski definition) is 4. The van der Waals surface area contributed by atoms with Crippen molar-refractivity contribution in [2.24, 2.45) is 0 Å². The Hall–Kier alpha value is -2.40. The largest absolute Gasteiger partial charge is 0.497 e. The summed E-state index contributed by atoms with van der Waals surface area (Å²) in [6, 6.07) is 13.2. The fourth-order valence-electron chi connectivity index (χ4n) is 3.26. The molecule has 1 heterocycles. The number of anilines is 1. The van der Waals surface area contributed by atoms with E-state index in [2.05, 4.69) is 11.8 Å². The number of halogens is 1. The third kappa shape index (κ3) is 4.66. The second kappa shape index (κ2) is 8.53. The van der Waals surface area contributed by atoms with Crippen LogP contribution in [0.15, 0.2) is 42.5 Å². The quantitative estimate of drug-likeness (QED) is 0.781. The number of benzene rings is 2. The highest BCUT2D eigenvalue weighted by molar-refractivity contribution is 6.30. The molecule has 5 nitrogen and oxygen atoms in total. The average molecular weight is 389 g/mol. The highest BCUT2D eigenvalue weighted by Crippen LogP contribution is 2.25. The number of hydrogen-bond donors (Lipinski definition) is 0. The average Bonchev–Trinajstić information content (AvgIpc) is 2.70. The van der Waals surface area contributed by atoms with Crippen molar-refractivity contribution in [1.82, 2.24) is 4.90 Å². The Morgan fingerprint density at radius 3 is 2.30 bits per heavy atom. The van der Waals surface area contributed by atoms with Crippen molar-refractivity contribution in [3.05, 3.63) is 53.1 Å². The lowest BCUT2D eigenvalue weighted by Crippen LogP contribution is -2.52. The summed E-state index contributed by atoms with van der Waals surface area (Å²) in [5, 5.41) is 0.732. The van der Waals surface area contributed by atoms with Crippen molar-refractivity contribution >= 4 is 23.2 Å². The zero-order chi connectivity index (χ0) is 19.4. The second-order valence-electron chi connectivity index (χ2n) is 6.68. The van der Waals surface area contributed by atoms with E-state index in [9.17, 15) is 4.79 Å². The Labute approximate surface area is 165 Å². The molecule has 1 atom stereocenters. The van der Waals surface area contributed by atoms with E-state index in [4.69, 9.17) is 21.1 Å². The number of amides is 1. The molecule has 0 aliphatic carbocycles. The minimum atomic E-state index is -0.530. The topological polar surface area (TPSA) is 42.0 Å². The Balaban J connectivity index is 1.56. The van der Waals surface area contributed by atoms with Gasteiger partial charge in [-0.2, -0.15) is 0 Å². The number of ether oxygens (including phenoxy) is 2. The van der Waals surface area contributed by atoms with E-state index in [-0.39, 0.29) is 5.91 Å². The molecule has 144 valence electrons. The molecule has 1 fully saturated rings. The number of aryl methyl sites for hydroxylation is 1. The number of piperazine rings is 1. The Morgan fingerprint density at radius 2 is 1.67 bits per heavy atom. The fourth-order valence-corrected chi connectivity index (χ4v) is 3.42. The first kappa shape index (κ1) is 19.4. The maximum Gasteiger partial charge on any atom is 0.263 e. The predicted octanol–water partition coefficient (Wildman–Crippen LogP) is 3.77. The number of carbonyl (C=O) groups is 1. The highest BCUT2D eigenvalue weighted by Gasteiger charge is 2.26. The Bertz CT molecular complexity index is 787. The SMILES string of the molecule is COc1ccc(O[C@H](C)C(=O)N2CCN(c3cc(Cl)ccc3C)CC2)cc1. The summed E-state index contributed by atoms with van der Waals surface area (Å²) in [4.78, 5) is 16.9. The lowest BCUT2D eigenvalue weighted by molar-refractivity contribution is -0.138. The summed E-state index contributed by atoms with van der Waals surface area (Å²) in [6.07, 6.45) is -0.530. The number of nitrogens with zero attached hydrogens (tertiary/aromatic N) is 2. The predicted molar refractivity (Wildman–Crippen MR) is 108 cm³/mol. The summed E-state index contributed by atoms with van der Waals surface area (Å²) < 4.78 is 10.9. The van der Waals surface area contributed by atoms with Crippen molar-refractivity contribution in [2.45, 2.75) is 20.0 Å². The molecule has 6 heteroatoms. The molecule has 0 radical (unpaired) electrons. The van der Waals surface area contributed by atoms with E-state index in [0.717, 1.165) is 29.5 Å². The zero-order valence-electron chi connectivity index (χ0n) is 15.9. The molecule has 2 aromatic carbocycles. The molecule has 0 spiro atoms. The van der Waals surface area contributed by atoms with E-state index in [1.807, 2.05) is 47.4 Å². The molecule has 1 aliphatic rings. The van der Waals surface area contributed by atoms with E-state index in [1.165, 1.54) is 5.56 Å². The van der Waals surface area contributed by atoms with Crippen molar-refractivity contribution in [3.8, 4) is 11.5 Å². The second-order valence-corrected chi connectivity index (χ2v) is 7.12. The molecule has 2 aromatic rings. The maximum atomic E-state index is 12.7. The monoisotopic (exact) mass is 388 g/mol. The van der Waals surface area contributed by atoms with E-state index in [1.54, 1.807) is 14.0 Å². The van der Waals surface area contributed by atoms with Crippen LogP contribution >= 0.6 is 11.6 Å². The van der Waals surface area contributed by atoms with E-state index >= 15 is 0 Å². The van der Waals surface area contributed by atoms with Crippen molar-refractivity contribution in [1.29, 1.82) is 0 Å². The van der Waals surface area contributed by atoms with Crippen molar-refractivity contribution < 1.29 is 14.3 Å². The zero-order valence-corrected chi connectivity index (χ0v) is 16.7. The highest BCUT2D eigenvalue weighted by atomic mass is 35.5. The summed E-state index contributed by atoms with van der Waals surface area (Å²) in [5.41, 5.74) is 2.33. The van der Waals surface area contributed by atoms with Crippen LogP contribution in [0.4, 0.5) is 5.69 Å². The number of carbonyl (C=O) groups excluding carboxylic acids is 1. The van der Waals surface area contributed by atoms with Crippen LogP contribution in [0.2, 0.25) is 5.02 Å². The van der Waals surface area contributed by atoms with Crippen LogP contribution in [0.5, 0.6) is 11.5 Å². The summed E-state index contributed by atoms with van der Waals surface area (Å²) >= 11 is 6.14. The van der Waals surface area contributed by atoms with Gasteiger partial charge in [0, 0.05) is 36.9 Å². The molecule has 0 aromatic heterocycles. The molecule has 0 bridgehead atoms. The molecular weight excluding hydrogens is 364 g/mol. The van der Waals surface area contributed by atoms with Crippen LogP contribution in [-0.4, -0.2) is 50.2 Å². The van der Waals surface area contributed by atoms with Crippen LogP contribution < -0.4 is 14.4 Å². The number of methoxy groups -OCH3 is 1. The molecule has 0 N–H and O–H groups in total. The van der Waals surface area contributed by atoms with Gasteiger partial charge >= 0.3 is 0 Å². The van der Waals surface area contributed by atoms with Gasteiger partial charge in [-0.25, -0.2) is 0 Å². The smallest absolute Gasteiger partial charge is 0.263 e. The Morgan fingerprint density at radius 1 is 1.04 bits per heavy atom. The van der Waals surface area contributed by atoms with Gasteiger partial charge in [-0.1, -0.05) is 17.7 Å². The van der Waals surface area contributed by atoms with E-state index < -0.39 is 6.10 Å². The van der Waals surface area contributed by atoms with Crippen LogP contribution in [0, 0.1) is 6.92 Å². The van der Waals surface area contributed by atoms with Crippen LogP contribution in [0.25, 0.3) is 0 Å². The number of rotatable bonds is 5. The standard InChI is InChI=1S/C21H25ClN2O3/c1-15-4-5-17(22)14-20(15)23-10-12-24(13-11-23)21(25)16(2)27-19-8-6-18(26-3)7-9-19/h4-9,14,16H,10-13H2,1-3H3/t16-/m1/s1. The molecule has 3 rings (SSSR count). The van der Waals surface area contributed by atoms with Crippen molar-refractivity contribution in [3.63, 3.8) is 0 Å². The summed E-state index contributed by atoms with van der Waals surface area (Å²) in [6.45, 7) is 6.76. The lowest BCUT2D eigenvalue weighted by atomic mass is 10.1. The van der Waals surface area contributed by atoms with Gasteiger partial charge in [0.2, 0.25) is 0 Å². The maximum absolute atomic E-state index is 12.7. The minimum absolute atomic E-state index is 0.00767. The molecule has 0 unspecified atom stereocenters. The van der Waals surface area contributed by atoms with Gasteiger partial charge in [-0.15, -0.1) is 0 Å². The lowest BCUT2D eigenvalue weighted by Gasteiger charge is -2.37. The molecule has 1 saturated heterocycles. The van der Waals surface area contributed by atoms with Crippen molar-refractivity contribution in [2.75, 3.05) is 38.2 Å². The van der Waals surface area contributed by atoms with Gasteiger partial charge < -0.3 is 19.3 Å². The van der Waals surface area contributed by atoms with Gasteiger partial charge in [0.15, 0.2) is 6.10 Å². The Kier molecular flexibility index (Phi) is 6.11. The molecule has 1 amide bonds.